The molecular weight excluding hydrogens is 244 g/mol. The summed E-state index contributed by atoms with van der Waals surface area (Å²) in [6.07, 6.45) is 0. The van der Waals surface area contributed by atoms with Crippen molar-refractivity contribution in [3.63, 3.8) is 0 Å². The maximum absolute atomic E-state index is 2.31. The largest absolute Gasteiger partial charge is 0.258 e. The van der Waals surface area contributed by atoms with E-state index >= 15 is 0 Å². The Morgan fingerprint density at radius 3 is 1.50 bits per heavy atom. The molecule has 2 heteroatoms. The van der Waals surface area contributed by atoms with E-state index in [1.165, 1.54) is 33.2 Å². The van der Waals surface area contributed by atoms with Gasteiger partial charge in [0.05, 0.1) is 11.0 Å². The molecule has 20 heavy (non-hydrogen) atoms. The molecule has 2 nitrogen and oxygen atoms in total. The number of nitrogens with zero attached hydrogens (tertiary/aromatic N) is 2. The molecule has 2 aromatic carbocycles. The van der Waals surface area contributed by atoms with Crippen molar-refractivity contribution >= 4 is 21.8 Å². The van der Waals surface area contributed by atoms with Crippen molar-refractivity contribution in [1.29, 1.82) is 0 Å². The average Bonchev–Trinajstić information content (AvgIpc) is 2.97. The molecule has 0 aliphatic rings. The summed E-state index contributed by atoms with van der Waals surface area (Å²) in [5, 5.41) is 2.60. The third kappa shape index (κ3) is 1.39. The molecule has 0 saturated heterocycles. The predicted molar refractivity (Wildman–Crippen MR) is 84.1 cm³/mol. The highest BCUT2D eigenvalue weighted by molar-refractivity contribution is 6.07. The maximum atomic E-state index is 2.31. The molecule has 0 radical (unpaired) electrons. The molecule has 0 unspecified atom stereocenters. The van der Waals surface area contributed by atoms with E-state index in [1.807, 2.05) is 0 Å². The van der Waals surface area contributed by atoms with E-state index in [1.54, 1.807) is 0 Å². The second-order valence-corrected chi connectivity index (χ2v) is 5.27. The fraction of sp³-hybridized carbons (Fsp3) is 0.111. The fourth-order valence-electron chi connectivity index (χ4n) is 3.09. The van der Waals surface area contributed by atoms with Crippen LogP contribution in [-0.4, -0.2) is 9.35 Å². The summed E-state index contributed by atoms with van der Waals surface area (Å²) in [5.41, 5.74) is 4.98. The Hall–Kier alpha value is -2.48. The minimum absolute atomic E-state index is 1.24. The Morgan fingerprint density at radius 1 is 0.550 bits per heavy atom. The quantitative estimate of drug-likeness (QED) is 0.476. The SMILES string of the molecule is Cc1ccc(C)n1-n1c2ccccc2c2ccccc21. The molecule has 0 bridgehead atoms. The number of aryl methyl sites for hydroxylation is 2. The summed E-state index contributed by atoms with van der Waals surface area (Å²) < 4.78 is 4.60. The first-order chi connectivity index (χ1) is 9.77. The van der Waals surface area contributed by atoms with Crippen LogP contribution in [0.4, 0.5) is 0 Å². The van der Waals surface area contributed by atoms with Gasteiger partial charge in [-0.05, 0) is 38.1 Å². The van der Waals surface area contributed by atoms with E-state index in [4.69, 9.17) is 0 Å². The second-order valence-electron chi connectivity index (χ2n) is 5.27. The van der Waals surface area contributed by atoms with Crippen molar-refractivity contribution in [2.24, 2.45) is 0 Å². The summed E-state index contributed by atoms with van der Waals surface area (Å²) in [5.74, 6) is 0. The van der Waals surface area contributed by atoms with Crippen molar-refractivity contribution in [3.05, 3.63) is 72.1 Å². The zero-order valence-corrected chi connectivity index (χ0v) is 11.7. The van der Waals surface area contributed by atoms with Gasteiger partial charge in [0.25, 0.3) is 0 Å². The van der Waals surface area contributed by atoms with Gasteiger partial charge < -0.3 is 0 Å². The molecule has 0 fully saturated rings. The molecule has 0 amide bonds. The zero-order chi connectivity index (χ0) is 13.7. The standard InChI is InChI=1S/C18H16N2/c1-13-11-12-14(2)19(13)20-17-9-5-3-7-15(17)16-8-4-6-10-18(16)20/h3-12H,1-2H3. The minimum Gasteiger partial charge on any atom is -0.258 e. The van der Waals surface area contributed by atoms with Crippen LogP contribution in [-0.2, 0) is 0 Å². The van der Waals surface area contributed by atoms with Crippen molar-refractivity contribution in [2.75, 3.05) is 0 Å². The lowest BCUT2D eigenvalue weighted by Crippen LogP contribution is -2.11. The lowest BCUT2D eigenvalue weighted by Gasteiger charge is -2.14. The highest BCUT2D eigenvalue weighted by Gasteiger charge is 2.13. The van der Waals surface area contributed by atoms with Gasteiger partial charge in [-0.3, -0.25) is 4.68 Å². The third-order valence-corrected chi connectivity index (χ3v) is 3.99. The van der Waals surface area contributed by atoms with Gasteiger partial charge >= 0.3 is 0 Å². The molecule has 0 saturated carbocycles. The first-order valence-electron chi connectivity index (χ1n) is 6.91. The third-order valence-electron chi connectivity index (χ3n) is 3.99. The Kier molecular flexibility index (Phi) is 2.27. The van der Waals surface area contributed by atoms with E-state index < -0.39 is 0 Å². The molecule has 2 aromatic heterocycles. The van der Waals surface area contributed by atoms with E-state index in [2.05, 4.69) is 83.9 Å². The molecule has 0 aliphatic heterocycles. The average molecular weight is 260 g/mol. The number of aromatic nitrogens is 2. The predicted octanol–water partition coefficient (Wildman–Crippen LogP) is 4.52. The van der Waals surface area contributed by atoms with Gasteiger partial charge in [-0.15, -0.1) is 0 Å². The number of para-hydroxylation sites is 2. The van der Waals surface area contributed by atoms with Crippen LogP contribution in [0.2, 0.25) is 0 Å². The number of rotatable bonds is 1. The van der Waals surface area contributed by atoms with Crippen molar-refractivity contribution in [2.45, 2.75) is 13.8 Å². The van der Waals surface area contributed by atoms with Crippen LogP contribution >= 0.6 is 0 Å². The highest BCUT2D eigenvalue weighted by Crippen LogP contribution is 2.29. The van der Waals surface area contributed by atoms with Crippen LogP contribution in [0, 0.1) is 13.8 Å². The van der Waals surface area contributed by atoms with Gasteiger partial charge in [0.15, 0.2) is 0 Å². The van der Waals surface area contributed by atoms with Crippen LogP contribution in [0.15, 0.2) is 60.7 Å². The van der Waals surface area contributed by atoms with Gasteiger partial charge in [-0.2, -0.15) is 0 Å². The van der Waals surface area contributed by atoms with E-state index in [-0.39, 0.29) is 0 Å². The highest BCUT2D eigenvalue weighted by atomic mass is 15.5. The first kappa shape index (κ1) is 11.4. The van der Waals surface area contributed by atoms with Crippen LogP contribution in [0.3, 0.4) is 0 Å². The van der Waals surface area contributed by atoms with Gasteiger partial charge in [-0.1, -0.05) is 36.4 Å². The Balaban J connectivity index is 2.27. The van der Waals surface area contributed by atoms with E-state index in [9.17, 15) is 0 Å². The lowest BCUT2D eigenvalue weighted by atomic mass is 10.2. The topological polar surface area (TPSA) is 9.86 Å². The zero-order valence-electron chi connectivity index (χ0n) is 11.7. The molecule has 2 heterocycles. The van der Waals surface area contributed by atoms with Crippen molar-refractivity contribution in [3.8, 4) is 0 Å². The molecule has 98 valence electrons. The molecule has 0 N–H and O–H groups in total. The maximum Gasteiger partial charge on any atom is 0.0716 e. The summed E-state index contributed by atoms with van der Waals surface area (Å²) in [6, 6.07) is 21.5. The molecule has 4 aromatic rings. The molecule has 4 rings (SSSR count). The van der Waals surface area contributed by atoms with Gasteiger partial charge in [0, 0.05) is 22.2 Å². The van der Waals surface area contributed by atoms with E-state index in [0.29, 0.717) is 0 Å². The number of benzene rings is 2. The molecular formula is C18H16N2. The Bertz CT molecular complexity index is 852. The summed E-state index contributed by atoms with van der Waals surface area (Å²) in [6.45, 7) is 4.30. The van der Waals surface area contributed by atoms with Crippen LogP contribution < -0.4 is 0 Å². The first-order valence-corrected chi connectivity index (χ1v) is 6.91. The van der Waals surface area contributed by atoms with Gasteiger partial charge in [0.1, 0.15) is 0 Å². The summed E-state index contributed by atoms with van der Waals surface area (Å²) >= 11 is 0. The number of hydrogen-bond acceptors (Lipinski definition) is 0. The van der Waals surface area contributed by atoms with Crippen LogP contribution in [0.25, 0.3) is 21.8 Å². The summed E-state index contributed by atoms with van der Waals surface area (Å²) in [4.78, 5) is 0. The van der Waals surface area contributed by atoms with Crippen molar-refractivity contribution < 1.29 is 0 Å². The second kappa shape index (κ2) is 4.01. The van der Waals surface area contributed by atoms with Crippen LogP contribution in [0.5, 0.6) is 0 Å². The monoisotopic (exact) mass is 260 g/mol. The van der Waals surface area contributed by atoms with Gasteiger partial charge in [-0.25, -0.2) is 4.68 Å². The number of hydrogen-bond donors (Lipinski definition) is 0. The molecule has 0 spiro atoms. The van der Waals surface area contributed by atoms with E-state index in [0.717, 1.165) is 0 Å². The minimum atomic E-state index is 1.24. The van der Waals surface area contributed by atoms with Crippen LogP contribution in [0.1, 0.15) is 11.4 Å². The molecule has 0 aliphatic carbocycles. The number of fused-ring (bicyclic) bond motifs is 3. The van der Waals surface area contributed by atoms with Gasteiger partial charge in [0.2, 0.25) is 0 Å². The normalized spacial score (nSPS) is 11.5. The summed E-state index contributed by atoms with van der Waals surface area (Å²) in [7, 11) is 0. The Morgan fingerprint density at radius 2 is 1.00 bits per heavy atom. The fourth-order valence-corrected chi connectivity index (χ4v) is 3.09. The smallest absolute Gasteiger partial charge is 0.0716 e. The molecule has 0 atom stereocenters. The lowest BCUT2D eigenvalue weighted by molar-refractivity contribution is 0.672. The van der Waals surface area contributed by atoms with Crippen molar-refractivity contribution in [1.82, 2.24) is 9.35 Å². The Labute approximate surface area is 117 Å².